The summed E-state index contributed by atoms with van der Waals surface area (Å²) in [7, 11) is 1.76. The fourth-order valence-corrected chi connectivity index (χ4v) is 1.93. The van der Waals surface area contributed by atoms with E-state index >= 15 is 0 Å². The highest BCUT2D eigenvalue weighted by Gasteiger charge is 2.08. The van der Waals surface area contributed by atoms with Gasteiger partial charge in [0, 0.05) is 32.4 Å². The van der Waals surface area contributed by atoms with Gasteiger partial charge in [-0.15, -0.1) is 24.0 Å². The van der Waals surface area contributed by atoms with Crippen molar-refractivity contribution in [3.63, 3.8) is 0 Å². The minimum atomic E-state index is 0. The number of halogens is 3. The van der Waals surface area contributed by atoms with E-state index in [1.54, 1.807) is 19.3 Å². The number of nitrogens with one attached hydrogen (secondary N) is 3. The van der Waals surface area contributed by atoms with Crippen LogP contribution in [0.15, 0.2) is 17.3 Å². The van der Waals surface area contributed by atoms with Crippen LogP contribution in [-0.4, -0.2) is 37.1 Å². The zero-order chi connectivity index (χ0) is 15.8. The Kier molecular flexibility index (Phi) is 10.9. The van der Waals surface area contributed by atoms with E-state index in [4.69, 9.17) is 23.2 Å². The maximum absolute atomic E-state index is 6.04. The van der Waals surface area contributed by atoms with Crippen molar-refractivity contribution in [2.45, 2.75) is 26.8 Å². The summed E-state index contributed by atoms with van der Waals surface area (Å²) in [5.41, 5.74) is 0. The third-order valence-electron chi connectivity index (χ3n) is 3.11. The largest absolute Gasteiger partial charge is 0.367 e. The molecule has 0 bridgehead atoms. The van der Waals surface area contributed by atoms with Crippen LogP contribution >= 0.6 is 47.2 Å². The quantitative estimate of drug-likeness (QED) is 0.263. The Balaban J connectivity index is 0.00000441. The molecular weight excluding hydrogens is 436 g/mol. The third kappa shape index (κ3) is 7.69. The molecule has 1 atom stereocenters. The normalized spacial score (nSPS) is 12.6. The molecule has 0 amide bonds. The Labute approximate surface area is 159 Å². The summed E-state index contributed by atoms with van der Waals surface area (Å²) < 4.78 is 0. The summed E-state index contributed by atoms with van der Waals surface area (Å²) in [4.78, 5) is 8.33. The lowest BCUT2D eigenvalue weighted by atomic mass is 10.1. The molecule has 0 saturated heterocycles. The Morgan fingerprint density at radius 1 is 1.27 bits per heavy atom. The Bertz CT molecular complexity index is 482. The monoisotopic (exact) mass is 459 g/mol. The zero-order valence-corrected chi connectivity index (χ0v) is 17.1. The molecule has 0 aliphatic heterocycles. The van der Waals surface area contributed by atoms with Gasteiger partial charge < -0.3 is 16.0 Å². The van der Waals surface area contributed by atoms with Crippen LogP contribution in [0.2, 0.25) is 10.0 Å². The van der Waals surface area contributed by atoms with Gasteiger partial charge in [0.1, 0.15) is 5.82 Å². The fourth-order valence-electron chi connectivity index (χ4n) is 1.48. The molecule has 1 aromatic heterocycles. The van der Waals surface area contributed by atoms with Crippen molar-refractivity contribution in [2.75, 3.05) is 25.5 Å². The lowest BCUT2D eigenvalue weighted by Crippen LogP contribution is -2.45. The molecule has 1 aromatic rings. The second-order valence-corrected chi connectivity index (χ2v) is 5.93. The van der Waals surface area contributed by atoms with Crippen molar-refractivity contribution in [3.05, 3.63) is 22.3 Å². The summed E-state index contributed by atoms with van der Waals surface area (Å²) in [5, 5.41) is 10.8. The Hall–Kier alpha value is -0.470. The van der Waals surface area contributed by atoms with E-state index in [2.05, 4.69) is 46.7 Å². The van der Waals surface area contributed by atoms with E-state index in [0.29, 0.717) is 40.9 Å². The van der Waals surface area contributed by atoms with Crippen LogP contribution in [0.25, 0.3) is 0 Å². The van der Waals surface area contributed by atoms with Crippen molar-refractivity contribution in [2.24, 2.45) is 10.9 Å². The van der Waals surface area contributed by atoms with E-state index < -0.39 is 0 Å². The molecule has 1 unspecified atom stereocenters. The Morgan fingerprint density at radius 3 is 2.50 bits per heavy atom. The molecule has 3 N–H and O–H groups in total. The Morgan fingerprint density at radius 2 is 1.95 bits per heavy atom. The fraction of sp³-hybridized carbons (Fsp3) is 0.571. The topological polar surface area (TPSA) is 61.3 Å². The van der Waals surface area contributed by atoms with E-state index in [9.17, 15) is 0 Å². The number of hydrogen-bond donors (Lipinski definition) is 3. The van der Waals surface area contributed by atoms with Gasteiger partial charge in [0.05, 0.1) is 10.0 Å². The van der Waals surface area contributed by atoms with Gasteiger partial charge in [-0.05, 0) is 18.9 Å². The van der Waals surface area contributed by atoms with E-state index in [1.165, 1.54) is 0 Å². The number of nitrogens with zero attached hydrogens (tertiary/aromatic N) is 2. The first kappa shape index (κ1) is 21.5. The molecule has 22 heavy (non-hydrogen) atoms. The molecule has 1 heterocycles. The summed E-state index contributed by atoms with van der Waals surface area (Å²) in [5.74, 6) is 1.95. The first-order chi connectivity index (χ1) is 9.93. The zero-order valence-electron chi connectivity index (χ0n) is 13.3. The molecule has 0 saturated carbocycles. The minimum absolute atomic E-state index is 0. The molecule has 5 nitrogen and oxygen atoms in total. The van der Waals surface area contributed by atoms with Crippen LogP contribution in [0.1, 0.15) is 20.8 Å². The third-order valence-corrected chi connectivity index (χ3v) is 3.60. The molecule has 0 radical (unpaired) electrons. The van der Waals surface area contributed by atoms with Gasteiger partial charge in [-0.25, -0.2) is 4.98 Å². The maximum atomic E-state index is 6.04. The molecule has 0 aromatic carbocycles. The smallest absolute Gasteiger partial charge is 0.191 e. The molecule has 8 heteroatoms. The van der Waals surface area contributed by atoms with Crippen LogP contribution in [0.4, 0.5) is 5.82 Å². The van der Waals surface area contributed by atoms with Gasteiger partial charge in [-0.1, -0.05) is 37.0 Å². The van der Waals surface area contributed by atoms with Gasteiger partial charge in [0.25, 0.3) is 0 Å². The predicted molar refractivity (Wildman–Crippen MR) is 107 cm³/mol. The number of guanidine groups is 1. The van der Waals surface area contributed by atoms with E-state index in [-0.39, 0.29) is 24.0 Å². The molecular formula is C14H24Cl2IN5. The SMILES string of the molecule is CN=C(NCCNc1ncc(Cl)cc1Cl)NC(C)C(C)C.I. The first-order valence-corrected chi connectivity index (χ1v) is 7.71. The molecule has 1 rings (SSSR count). The van der Waals surface area contributed by atoms with Crippen LogP contribution in [0.5, 0.6) is 0 Å². The highest BCUT2D eigenvalue weighted by molar-refractivity contribution is 14.0. The first-order valence-electron chi connectivity index (χ1n) is 6.96. The number of hydrogen-bond acceptors (Lipinski definition) is 3. The molecule has 0 fully saturated rings. The van der Waals surface area contributed by atoms with Crippen molar-refractivity contribution in [3.8, 4) is 0 Å². The minimum Gasteiger partial charge on any atom is -0.367 e. The number of aliphatic imine (C=N–C) groups is 1. The number of rotatable bonds is 6. The van der Waals surface area contributed by atoms with Crippen molar-refractivity contribution in [1.82, 2.24) is 15.6 Å². The molecule has 0 spiro atoms. The van der Waals surface area contributed by atoms with Crippen molar-refractivity contribution >= 4 is 59.0 Å². The van der Waals surface area contributed by atoms with Gasteiger partial charge in [0.15, 0.2) is 5.96 Å². The number of aromatic nitrogens is 1. The van der Waals surface area contributed by atoms with Gasteiger partial charge in [-0.2, -0.15) is 0 Å². The number of anilines is 1. The summed E-state index contributed by atoms with van der Waals surface area (Å²) in [6, 6.07) is 2.02. The molecule has 0 aliphatic rings. The maximum Gasteiger partial charge on any atom is 0.191 e. The van der Waals surface area contributed by atoms with Crippen LogP contribution < -0.4 is 16.0 Å². The highest BCUT2D eigenvalue weighted by atomic mass is 127. The predicted octanol–water partition coefficient (Wildman–Crippen LogP) is 3.63. The van der Waals surface area contributed by atoms with Crippen molar-refractivity contribution in [1.29, 1.82) is 0 Å². The standard InChI is InChI=1S/C14H23Cl2N5.HI/c1-9(2)10(3)21-14(17-4)19-6-5-18-13-12(16)7-11(15)8-20-13;/h7-10H,5-6H2,1-4H3,(H,18,20)(H2,17,19,21);1H. The van der Waals surface area contributed by atoms with Crippen LogP contribution in [-0.2, 0) is 0 Å². The summed E-state index contributed by atoms with van der Waals surface area (Å²) in [6.45, 7) is 7.84. The molecule has 126 valence electrons. The van der Waals surface area contributed by atoms with E-state index in [0.717, 1.165) is 5.96 Å². The second kappa shape index (κ2) is 11.1. The van der Waals surface area contributed by atoms with Crippen molar-refractivity contribution < 1.29 is 0 Å². The average Bonchev–Trinajstić information content (AvgIpc) is 2.43. The highest BCUT2D eigenvalue weighted by Crippen LogP contribution is 2.21. The van der Waals surface area contributed by atoms with Crippen LogP contribution in [0.3, 0.4) is 0 Å². The average molecular weight is 460 g/mol. The summed E-state index contributed by atoms with van der Waals surface area (Å²) >= 11 is 11.8. The summed E-state index contributed by atoms with van der Waals surface area (Å²) in [6.07, 6.45) is 1.56. The second-order valence-electron chi connectivity index (χ2n) is 5.09. The lowest BCUT2D eigenvalue weighted by molar-refractivity contribution is 0.481. The number of pyridine rings is 1. The van der Waals surface area contributed by atoms with E-state index in [1.807, 2.05) is 0 Å². The van der Waals surface area contributed by atoms with Crippen LogP contribution in [0, 0.1) is 5.92 Å². The van der Waals surface area contributed by atoms with Gasteiger partial charge in [0.2, 0.25) is 0 Å². The van der Waals surface area contributed by atoms with Gasteiger partial charge >= 0.3 is 0 Å². The molecule has 0 aliphatic carbocycles. The lowest BCUT2D eigenvalue weighted by Gasteiger charge is -2.20. The van der Waals surface area contributed by atoms with Gasteiger partial charge in [-0.3, -0.25) is 4.99 Å².